The fraction of sp³-hybridized carbons (Fsp3) is 0. The maximum atomic E-state index is 11.8. The van der Waals surface area contributed by atoms with Crippen LogP contribution in [-0.2, 0) is 0 Å². The monoisotopic (exact) mass is 240 g/mol. The van der Waals surface area contributed by atoms with Crippen LogP contribution in [0.3, 0.4) is 0 Å². The molecule has 2 rings (SSSR count). The minimum absolute atomic E-state index is 0.0841. The highest BCUT2D eigenvalue weighted by Gasteiger charge is 2.07. The molecule has 4 nitrogen and oxygen atoms in total. The molecular formula is C14H10NO3. The van der Waals surface area contributed by atoms with Crippen molar-refractivity contribution in [1.29, 1.82) is 0 Å². The number of nitrogens with one attached hydrogen (secondary N) is 1. The summed E-state index contributed by atoms with van der Waals surface area (Å²) in [5, 5.41) is 11.4. The third kappa shape index (κ3) is 2.74. The highest BCUT2D eigenvalue weighted by molar-refractivity contribution is 6.04. The van der Waals surface area contributed by atoms with Gasteiger partial charge in [0.25, 0.3) is 5.91 Å². The van der Waals surface area contributed by atoms with E-state index in [-0.39, 0.29) is 11.5 Å². The number of rotatable bonds is 3. The molecule has 0 aromatic heterocycles. The van der Waals surface area contributed by atoms with Gasteiger partial charge in [-0.15, -0.1) is 0 Å². The van der Waals surface area contributed by atoms with Gasteiger partial charge in [-0.1, -0.05) is 18.2 Å². The Labute approximate surface area is 104 Å². The Balaban J connectivity index is 2.17. The number of benzene rings is 2. The van der Waals surface area contributed by atoms with Crippen molar-refractivity contribution in [3.8, 4) is 0 Å². The lowest BCUT2D eigenvalue weighted by atomic mass is 10.2. The summed E-state index contributed by atoms with van der Waals surface area (Å²) in [4.78, 5) is 22.6. The van der Waals surface area contributed by atoms with Crippen molar-refractivity contribution in [3.05, 3.63) is 65.7 Å². The number of anilines is 1. The maximum Gasteiger partial charge on any atom is 0.335 e. The molecule has 0 aliphatic carbocycles. The molecule has 89 valence electrons. The maximum absolute atomic E-state index is 11.8. The average Bonchev–Trinajstić information content (AvgIpc) is 2.40. The van der Waals surface area contributed by atoms with E-state index < -0.39 is 5.97 Å². The van der Waals surface area contributed by atoms with Crippen LogP contribution in [0.2, 0.25) is 0 Å². The second-order valence-corrected chi connectivity index (χ2v) is 3.64. The summed E-state index contributed by atoms with van der Waals surface area (Å²) in [7, 11) is 0. The van der Waals surface area contributed by atoms with Crippen LogP contribution in [0.25, 0.3) is 0 Å². The van der Waals surface area contributed by atoms with Gasteiger partial charge in [0.1, 0.15) is 0 Å². The van der Waals surface area contributed by atoms with Crippen molar-refractivity contribution in [2.45, 2.75) is 0 Å². The van der Waals surface area contributed by atoms with Crippen molar-refractivity contribution in [2.75, 3.05) is 5.32 Å². The number of hydrogen-bond acceptors (Lipinski definition) is 2. The van der Waals surface area contributed by atoms with Gasteiger partial charge >= 0.3 is 5.97 Å². The molecule has 0 saturated carbocycles. The molecule has 0 aliphatic heterocycles. The molecule has 0 saturated heterocycles. The van der Waals surface area contributed by atoms with E-state index in [4.69, 9.17) is 5.11 Å². The quantitative estimate of drug-likeness (QED) is 0.865. The molecule has 2 aromatic carbocycles. The van der Waals surface area contributed by atoms with Crippen LogP contribution in [0.1, 0.15) is 20.7 Å². The van der Waals surface area contributed by atoms with E-state index in [0.29, 0.717) is 11.3 Å². The largest absolute Gasteiger partial charge is 0.478 e. The topological polar surface area (TPSA) is 66.4 Å². The van der Waals surface area contributed by atoms with Crippen LogP contribution in [0.4, 0.5) is 5.69 Å². The molecule has 2 N–H and O–H groups in total. The zero-order chi connectivity index (χ0) is 13.0. The lowest BCUT2D eigenvalue weighted by Crippen LogP contribution is -2.12. The molecule has 4 heteroatoms. The highest BCUT2D eigenvalue weighted by atomic mass is 16.4. The number of amides is 1. The zero-order valence-corrected chi connectivity index (χ0v) is 9.38. The predicted octanol–water partition coefficient (Wildman–Crippen LogP) is 2.44. The van der Waals surface area contributed by atoms with E-state index >= 15 is 0 Å². The molecule has 2 aromatic rings. The summed E-state index contributed by atoms with van der Waals surface area (Å²) >= 11 is 0. The minimum atomic E-state index is -1.05. The fourth-order valence-corrected chi connectivity index (χ4v) is 1.46. The molecule has 18 heavy (non-hydrogen) atoms. The van der Waals surface area contributed by atoms with Gasteiger partial charge in [0.2, 0.25) is 0 Å². The van der Waals surface area contributed by atoms with Crippen LogP contribution in [-0.4, -0.2) is 17.0 Å². The molecule has 0 spiro atoms. The SMILES string of the molecule is O=C(O)c1c[c]cc(NC(=O)c2ccccc2)c1. The van der Waals surface area contributed by atoms with Crippen molar-refractivity contribution in [3.63, 3.8) is 0 Å². The highest BCUT2D eigenvalue weighted by Crippen LogP contribution is 2.11. The Hall–Kier alpha value is -2.62. The van der Waals surface area contributed by atoms with Crippen LogP contribution in [0.15, 0.2) is 48.5 Å². The number of aromatic carboxylic acids is 1. The Morgan fingerprint density at radius 2 is 1.78 bits per heavy atom. The summed E-state index contributed by atoms with van der Waals surface area (Å²) in [5.74, 6) is -1.34. The van der Waals surface area contributed by atoms with E-state index in [1.54, 1.807) is 24.3 Å². The van der Waals surface area contributed by atoms with E-state index in [1.165, 1.54) is 18.2 Å². The van der Waals surface area contributed by atoms with Gasteiger partial charge in [-0.2, -0.15) is 0 Å². The first kappa shape index (κ1) is 11.9. The minimum Gasteiger partial charge on any atom is -0.478 e. The van der Waals surface area contributed by atoms with Crippen LogP contribution in [0.5, 0.6) is 0 Å². The zero-order valence-electron chi connectivity index (χ0n) is 9.38. The summed E-state index contributed by atoms with van der Waals surface area (Å²) in [6, 6.07) is 15.6. The molecular weight excluding hydrogens is 230 g/mol. The van der Waals surface area contributed by atoms with Crippen LogP contribution < -0.4 is 5.32 Å². The predicted molar refractivity (Wildman–Crippen MR) is 66.6 cm³/mol. The lowest BCUT2D eigenvalue weighted by molar-refractivity contribution is 0.0696. The van der Waals surface area contributed by atoms with Crippen LogP contribution >= 0.6 is 0 Å². The molecule has 0 aliphatic rings. The van der Waals surface area contributed by atoms with E-state index in [0.717, 1.165) is 0 Å². The first-order valence-electron chi connectivity index (χ1n) is 5.27. The van der Waals surface area contributed by atoms with Gasteiger partial charge in [-0.3, -0.25) is 4.79 Å². The fourth-order valence-electron chi connectivity index (χ4n) is 1.46. The Morgan fingerprint density at radius 3 is 2.44 bits per heavy atom. The normalized spacial score (nSPS) is 9.78. The second-order valence-electron chi connectivity index (χ2n) is 3.64. The number of carboxylic acids is 1. The third-order valence-electron chi connectivity index (χ3n) is 2.33. The Morgan fingerprint density at radius 1 is 1.06 bits per heavy atom. The summed E-state index contributed by atoms with van der Waals surface area (Å²) in [6.45, 7) is 0. The number of hydrogen-bond donors (Lipinski definition) is 2. The lowest BCUT2D eigenvalue weighted by Gasteiger charge is -2.05. The average molecular weight is 240 g/mol. The molecule has 0 heterocycles. The van der Waals surface area contributed by atoms with E-state index in [1.807, 2.05) is 6.07 Å². The second kappa shape index (κ2) is 5.14. The summed E-state index contributed by atoms with van der Waals surface area (Å²) in [5.41, 5.74) is 1.00. The van der Waals surface area contributed by atoms with Gasteiger partial charge in [0.15, 0.2) is 0 Å². The Bertz CT molecular complexity index is 579. The Kier molecular flexibility index (Phi) is 3.38. The van der Waals surface area contributed by atoms with Gasteiger partial charge in [0, 0.05) is 11.3 Å². The van der Waals surface area contributed by atoms with Gasteiger partial charge < -0.3 is 10.4 Å². The standard InChI is InChI=1S/C14H10NO3/c16-13(10-5-2-1-3-6-10)15-12-8-4-7-11(9-12)14(17)18/h1-3,5-9H,(H,15,16)(H,17,18). The molecule has 1 radical (unpaired) electrons. The van der Waals surface area contributed by atoms with Crippen molar-refractivity contribution in [1.82, 2.24) is 0 Å². The van der Waals surface area contributed by atoms with Crippen molar-refractivity contribution in [2.24, 2.45) is 0 Å². The molecule has 0 unspecified atom stereocenters. The van der Waals surface area contributed by atoms with Gasteiger partial charge in [-0.25, -0.2) is 4.79 Å². The summed E-state index contributed by atoms with van der Waals surface area (Å²) < 4.78 is 0. The molecule has 0 bridgehead atoms. The number of carbonyl (C=O) groups is 2. The van der Waals surface area contributed by atoms with Crippen molar-refractivity contribution >= 4 is 17.6 Å². The first-order chi connectivity index (χ1) is 8.66. The van der Waals surface area contributed by atoms with Gasteiger partial charge in [0.05, 0.1) is 5.56 Å². The third-order valence-corrected chi connectivity index (χ3v) is 2.33. The smallest absolute Gasteiger partial charge is 0.335 e. The van der Waals surface area contributed by atoms with Gasteiger partial charge in [-0.05, 0) is 36.4 Å². The molecule has 0 atom stereocenters. The van der Waals surface area contributed by atoms with Crippen molar-refractivity contribution < 1.29 is 14.7 Å². The summed E-state index contributed by atoms with van der Waals surface area (Å²) in [6.07, 6.45) is 0. The number of carboxylic acid groups (broad SMARTS) is 1. The molecule has 1 amide bonds. The van der Waals surface area contributed by atoms with E-state index in [9.17, 15) is 9.59 Å². The first-order valence-corrected chi connectivity index (χ1v) is 5.27. The molecule has 0 fully saturated rings. The van der Waals surface area contributed by atoms with E-state index in [2.05, 4.69) is 11.4 Å². The van der Waals surface area contributed by atoms with Crippen LogP contribution in [0, 0.1) is 6.07 Å². The number of carbonyl (C=O) groups excluding carboxylic acids is 1.